The predicted molar refractivity (Wildman–Crippen MR) is 61.5 cm³/mol. The first-order valence-corrected chi connectivity index (χ1v) is 4.56. The number of guanidine groups is 1. The Bertz CT molecular complexity index is 411. The Morgan fingerprint density at radius 1 is 1.31 bits per heavy atom. The number of hydrogen-bond donors (Lipinski definition) is 3. The molecule has 6 nitrogen and oxygen atoms in total. The minimum absolute atomic E-state index is 0.0382. The lowest BCUT2D eigenvalue weighted by Gasteiger charge is -2.04. The molecule has 1 aromatic carbocycles. The topological polar surface area (TPSA) is 96.8 Å². The third kappa shape index (κ3) is 3.16. The second-order valence-corrected chi connectivity index (χ2v) is 2.92. The van der Waals surface area contributed by atoms with Crippen LogP contribution in [0.4, 0.5) is 0 Å². The third-order valence-corrected chi connectivity index (χ3v) is 1.85. The van der Waals surface area contributed by atoms with Gasteiger partial charge in [0.05, 0.1) is 19.8 Å². The van der Waals surface area contributed by atoms with Crippen LogP contribution in [0.25, 0.3) is 0 Å². The first kappa shape index (κ1) is 11.8. The fraction of sp³-hybridized carbons (Fsp3) is 0.200. The van der Waals surface area contributed by atoms with Crippen LogP contribution in [0.3, 0.4) is 0 Å². The molecular formula is C10H15N4O2+. The molecule has 0 amide bonds. The molecule has 6 heteroatoms. The summed E-state index contributed by atoms with van der Waals surface area (Å²) in [6.07, 6.45) is 1.62. The fourth-order valence-electron chi connectivity index (χ4n) is 1.11. The molecule has 0 fully saturated rings. The molecule has 0 aliphatic carbocycles. The number of hydrogen-bond acceptors (Lipinski definition) is 3. The van der Waals surface area contributed by atoms with Crippen molar-refractivity contribution < 1.29 is 14.6 Å². The molecule has 0 saturated carbocycles. The lowest BCUT2D eigenvalue weighted by atomic mass is 10.2. The molecule has 0 aromatic heterocycles. The maximum atomic E-state index is 5.18. The SMILES string of the molecule is COc1ccc(C=[NH+]N=C(N)N)c(OC)c1. The first-order valence-electron chi connectivity index (χ1n) is 4.56. The van der Waals surface area contributed by atoms with Crippen LogP contribution in [0, 0.1) is 0 Å². The Hall–Kier alpha value is -2.24. The van der Waals surface area contributed by atoms with Crippen molar-refractivity contribution in [1.29, 1.82) is 0 Å². The maximum absolute atomic E-state index is 5.18. The Kier molecular flexibility index (Phi) is 4.14. The molecule has 0 saturated heterocycles. The largest absolute Gasteiger partial charge is 0.497 e. The molecule has 5 N–H and O–H groups in total. The standard InChI is InChI=1S/C10H14N4O2/c1-15-8-4-3-7(9(5-8)16-2)6-13-14-10(11)12/h3-6H,1-2H3,(H4,11,12,14)/p+1. The summed E-state index contributed by atoms with van der Waals surface area (Å²) < 4.78 is 10.3. The Morgan fingerprint density at radius 3 is 2.62 bits per heavy atom. The van der Waals surface area contributed by atoms with Crippen LogP contribution >= 0.6 is 0 Å². The highest BCUT2D eigenvalue weighted by atomic mass is 16.5. The number of hydrazone groups is 1. The molecule has 16 heavy (non-hydrogen) atoms. The van der Waals surface area contributed by atoms with Crippen molar-refractivity contribution in [2.75, 3.05) is 14.2 Å². The highest BCUT2D eigenvalue weighted by Gasteiger charge is 2.04. The van der Waals surface area contributed by atoms with E-state index in [2.05, 4.69) is 10.2 Å². The molecule has 0 aliphatic rings. The van der Waals surface area contributed by atoms with E-state index >= 15 is 0 Å². The van der Waals surface area contributed by atoms with Crippen LogP contribution in [0.2, 0.25) is 0 Å². The zero-order valence-corrected chi connectivity index (χ0v) is 9.23. The van der Waals surface area contributed by atoms with E-state index in [1.165, 1.54) is 0 Å². The van der Waals surface area contributed by atoms with Gasteiger partial charge in [0.15, 0.2) is 0 Å². The summed E-state index contributed by atoms with van der Waals surface area (Å²) in [5, 5.41) is 6.22. The quantitative estimate of drug-likeness (QED) is 0.325. The van der Waals surface area contributed by atoms with Gasteiger partial charge in [-0.3, -0.25) is 0 Å². The number of nitrogens with one attached hydrogen (secondary N) is 1. The van der Waals surface area contributed by atoms with E-state index < -0.39 is 0 Å². The zero-order valence-electron chi connectivity index (χ0n) is 9.23. The van der Waals surface area contributed by atoms with Crippen LogP contribution < -0.4 is 26.0 Å². The minimum Gasteiger partial charge on any atom is -0.497 e. The highest BCUT2D eigenvalue weighted by molar-refractivity contribution is 5.80. The van der Waals surface area contributed by atoms with Gasteiger partial charge >= 0.3 is 0 Å². The van der Waals surface area contributed by atoms with Gasteiger partial charge in [-0.15, -0.1) is 5.10 Å². The fourth-order valence-corrected chi connectivity index (χ4v) is 1.11. The van der Waals surface area contributed by atoms with Gasteiger partial charge in [0, 0.05) is 11.2 Å². The van der Waals surface area contributed by atoms with E-state index in [1.54, 1.807) is 26.5 Å². The van der Waals surface area contributed by atoms with Crippen LogP contribution in [0.5, 0.6) is 11.5 Å². The van der Waals surface area contributed by atoms with Crippen molar-refractivity contribution in [1.82, 2.24) is 0 Å². The summed E-state index contributed by atoms with van der Waals surface area (Å²) in [6.45, 7) is 0. The number of methoxy groups -OCH3 is 2. The summed E-state index contributed by atoms with van der Waals surface area (Å²) in [5.41, 5.74) is 11.1. The lowest BCUT2D eigenvalue weighted by molar-refractivity contribution is -0.456. The molecule has 0 atom stereocenters. The van der Waals surface area contributed by atoms with E-state index in [-0.39, 0.29) is 5.96 Å². The summed E-state index contributed by atoms with van der Waals surface area (Å²) in [6, 6.07) is 5.40. The van der Waals surface area contributed by atoms with Gasteiger partial charge in [-0.2, -0.15) is 0 Å². The summed E-state index contributed by atoms with van der Waals surface area (Å²) in [4.78, 5) is 0. The van der Waals surface area contributed by atoms with Gasteiger partial charge in [0.2, 0.25) is 6.21 Å². The van der Waals surface area contributed by atoms with Crippen molar-refractivity contribution in [3.63, 3.8) is 0 Å². The van der Waals surface area contributed by atoms with Crippen LogP contribution in [0.1, 0.15) is 5.56 Å². The number of benzene rings is 1. The number of ether oxygens (including phenoxy) is 2. The smallest absolute Gasteiger partial charge is 0.256 e. The minimum atomic E-state index is -0.0382. The highest BCUT2D eigenvalue weighted by Crippen LogP contribution is 2.22. The van der Waals surface area contributed by atoms with Crippen LogP contribution in [-0.4, -0.2) is 26.4 Å². The second-order valence-electron chi connectivity index (χ2n) is 2.92. The Morgan fingerprint density at radius 2 is 2.06 bits per heavy atom. The molecule has 0 unspecified atom stereocenters. The van der Waals surface area contributed by atoms with Crippen molar-refractivity contribution in [3.8, 4) is 11.5 Å². The average Bonchev–Trinajstić information content (AvgIpc) is 2.29. The first-order chi connectivity index (χ1) is 7.67. The monoisotopic (exact) mass is 223 g/mol. The van der Waals surface area contributed by atoms with Crippen molar-refractivity contribution in [2.45, 2.75) is 0 Å². The summed E-state index contributed by atoms with van der Waals surface area (Å²) in [7, 11) is 3.17. The average molecular weight is 223 g/mol. The zero-order chi connectivity index (χ0) is 12.0. The maximum Gasteiger partial charge on any atom is 0.256 e. The molecule has 1 aromatic rings. The molecule has 1 rings (SSSR count). The molecule has 0 aliphatic heterocycles. The molecular weight excluding hydrogens is 208 g/mol. The van der Waals surface area contributed by atoms with Gasteiger partial charge in [0.25, 0.3) is 5.96 Å². The van der Waals surface area contributed by atoms with Crippen molar-refractivity contribution in [2.24, 2.45) is 16.6 Å². The summed E-state index contributed by atoms with van der Waals surface area (Å²) in [5.74, 6) is 1.34. The molecule has 0 bridgehead atoms. The van der Waals surface area contributed by atoms with Gasteiger partial charge in [-0.25, -0.2) is 0 Å². The lowest BCUT2D eigenvalue weighted by Crippen LogP contribution is -2.63. The summed E-state index contributed by atoms with van der Waals surface area (Å²) >= 11 is 0. The number of nitrogens with two attached hydrogens (primary N) is 2. The Balaban J connectivity index is 2.96. The Labute approximate surface area is 93.6 Å². The molecule has 0 heterocycles. The van der Waals surface area contributed by atoms with Crippen molar-refractivity contribution in [3.05, 3.63) is 23.8 Å². The van der Waals surface area contributed by atoms with Crippen LogP contribution in [-0.2, 0) is 0 Å². The molecule has 0 radical (unpaired) electrons. The van der Waals surface area contributed by atoms with Crippen molar-refractivity contribution >= 4 is 12.2 Å². The predicted octanol–water partition coefficient (Wildman–Crippen LogP) is -1.61. The van der Waals surface area contributed by atoms with E-state index in [0.29, 0.717) is 5.75 Å². The number of nitrogens with zero attached hydrogens (tertiary/aromatic N) is 1. The second kappa shape index (κ2) is 5.59. The van der Waals surface area contributed by atoms with E-state index in [4.69, 9.17) is 20.9 Å². The molecule has 86 valence electrons. The molecule has 0 spiro atoms. The van der Waals surface area contributed by atoms with Crippen LogP contribution in [0.15, 0.2) is 23.3 Å². The van der Waals surface area contributed by atoms with E-state index in [9.17, 15) is 0 Å². The van der Waals surface area contributed by atoms with E-state index in [0.717, 1.165) is 11.3 Å². The van der Waals surface area contributed by atoms with E-state index in [1.807, 2.05) is 12.1 Å². The van der Waals surface area contributed by atoms with Gasteiger partial charge in [-0.05, 0) is 12.1 Å². The normalized spacial score (nSPS) is 10.1. The van der Waals surface area contributed by atoms with Gasteiger partial charge in [-0.1, -0.05) is 0 Å². The van der Waals surface area contributed by atoms with Gasteiger partial charge < -0.3 is 20.9 Å². The number of rotatable bonds is 4. The third-order valence-electron chi connectivity index (χ3n) is 1.85. The van der Waals surface area contributed by atoms with Gasteiger partial charge in [0.1, 0.15) is 11.5 Å².